The predicted octanol–water partition coefficient (Wildman–Crippen LogP) is 4.08. The van der Waals surface area contributed by atoms with Gasteiger partial charge in [0.15, 0.2) is 0 Å². The van der Waals surface area contributed by atoms with E-state index in [1.165, 1.54) is 29.7 Å². The molecule has 1 heterocycles. The summed E-state index contributed by atoms with van der Waals surface area (Å²) in [4.78, 5) is 26.3. The van der Waals surface area contributed by atoms with Crippen molar-refractivity contribution in [1.82, 2.24) is 0 Å². The van der Waals surface area contributed by atoms with E-state index in [1.807, 2.05) is 0 Å². The quantitative estimate of drug-likeness (QED) is 0.568. The molecule has 26 heavy (non-hydrogen) atoms. The molecule has 1 aliphatic carbocycles. The highest BCUT2D eigenvalue weighted by molar-refractivity contribution is 5.98. The maximum absolute atomic E-state index is 12.2. The van der Waals surface area contributed by atoms with E-state index >= 15 is 0 Å². The van der Waals surface area contributed by atoms with Crippen LogP contribution in [-0.4, -0.2) is 31.4 Å². The van der Waals surface area contributed by atoms with Crippen molar-refractivity contribution in [2.75, 3.05) is 19.0 Å². The van der Waals surface area contributed by atoms with Gasteiger partial charge in [0.25, 0.3) is 0 Å². The minimum absolute atomic E-state index is 0.0466. The number of esters is 1. The van der Waals surface area contributed by atoms with Crippen molar-refractivity contribution >= 4 is 17.4 Å². The minimum Gasteiger partial charge on any atom is -0.458 e. The van der Waals surface area contributed by atoms with Gasteiger partial charge in [-0.15, -0.1) is 0 Å². The van der Waals surface area contributed by atoms with Crippen LogP contribution in [0.25, 0.3) is 0 Å². The molecule has 1 aromatic rings. The number of hydrogen-bond donors (Lipinski definition) is 0. The molecule has 4 nitrogen and oxygen atoms in total. The van der Waals surface area contributed by atoms with Crippen molar-refractivity contribution in [2.24, 2.45) is 5.92 Å². The largest absolute Gasteiger partial charge is 0.458 e. The van der Waals surface area contributed by atoms with E-state index < -0.39 is 5.60 Å². The van der Waals surface area contributed by atoms with Crippen molar-refractivity contribution in [3.63, 3.8) is 0 Å². The van der Waals surface area contributed by atoms with E-state index in [4.69, 9.17) is 4.74 Å². The Hall–Kier alpha value is -1.84. The van der Waals surface area contributed by atoms with E-state index in [9.17, 15) is 9.59 Å². The van der Waals surface area contributed by atoms with E-state index in [0.29, 0.717) is 12.3 Å². The fourth-order valence-electron chi connectivity index (χ4n) is 4.75. The van der Waals surface area contributed by atoms with Gasteiger partial charge in [0.05, 0.1) is 0 Å². The lowest BCUT2D eigenvalue weighted by molar-refractivity contribution is -0.178. The van der Waals surface area contributed by atoms with Gasteiger partial charge in [-0.05, 0) is 55.2 Å². The van der Waals surface area contributed by atoms with E-state index in [2.05, 4.69) is 44.1 Å². The Labute approximate surface area is 156 Å². The minimum atomic E-state index is -0.574. The number of anilines is 1. The molecule has 0 amide bonds. The number of Topliss-reactive ketones (excluding diaryl/α,β-unsaturated/α-hetero) is 1. The van der Waals surface area contributed by atoms with Crippen LogP contribution in [0.15, 0.2) is 18.2 Å². The summed E-state index contributed by atoms with van der Waals surface area (Å²) in [5.74, 6) is 0.0538. The van der Waals surface area contributed by atoms with Crippen LogP contribution in [0.3, 0.4) is 0 Å². The molecule has 4 heteroatoms. The lowest BCUT2D eigenvalue weighted by Gasteiger charge is -2.41. The number of nitrogens with zero attached hydrogens (tertiary/aromatic N) is 1. The number of carbonyl (C=O) groups excluding carboxylic acids is 2. The highest BCUT2D eigenvalue weighted by Gasteiger charge is 2.47. The number of benzene rings is 1. The standard InChI is InChI=1S/C22H31NO3/c1-4-17-13-16(9-10-20(17)23(2)3)11-12-22(18-7-5-6-8-18)15-19(24)14-21(25)26-22/h9-10,13,18H,4-8,11-12,14-15H2,1-3H3. The Morgan fingerprint density at radius 2 is 1.92 bits per heavy atom. The van der Waals surface area contributed by atoms with Gasteiger partial charge in [-0.1, -0.05) is 31.9 Å². The Kier molecular flexibility index (Phi) is 5.69. The molecule has 1 unspecified atom stereocenters. The molecule has 1 saturated carbocycles. The molecular formula is C22H31NO3. The Bertz CT molecular complexity index is 658. The number of carbonyl (C=O) groups is 2. The summed E-state index contributed by atoms with van der Waals surface area (Å²) in [6, 6.07) is 6.61. The summed E-state index contributed by atoms with van der Waals surface area (Å²) in [5.41, 5.74) is 3.27. The van der Waals surface area contributed by atoms with Crippen LogP contribution in [0.4, 0.5) is 5.69 Å². The fraction of sp³-hybridized carbons (Fsp3) is 0.636. The number of ketones is 1. The van der Waals surface area contributed by atoms with E-state index in [0.717, 1.165) is 32.1 Å². The molecule has 3 rings (SSSR count). The fourth-order valence-corrected chi connectivity index (χ4v) is 4.75. The first kappa shape index (κ1) is 18.9. The second-order valence-electron chi connectivity index (χ2n) is 8.12. The molecule has 1 atom stereocenters. The number of hydrogen-bond acceptors (Lipinski definition) is 4. The highest BCUT2D eigenvalue weighted by Crippen LogP contribution is 2.44. The van der Waals surface area contributed by atoms with Crippen molar-refractivity contribution in [3.05, 3.63) is 29.3 Å². The molecule has 1 aromatic carbocycles. The number of aryl methyl sites for hydroxylation is 2. The maximum atomic E-state index is 12.2. The SMILES string of the molecule is CCc1cc(CCC2(C3CCCC3)CC(=O)CC(=O)O2)ccc1N(C)C. The van der Waals surface area contributed by atoms with Gasteiger partial charge < -0.3 is 9.64 Å². The Balaban J connectivity index is 1.80. The monoisotopic (exact) mass is 357 g/mol. The zero-order chi connectivity index (χ0) is 18.7. The van der Waals surface area contributed by atoms with Gasteiger partial charge in [-0.3, -0.25) is 9.59 Å². The maximum Gasteiger partial charge on any atom is 0.313 e. The molecule has 2 fully saturated rings. The van der Waals surface area contributed by atoms with Crippen molar-refractivity contribution in [1.29, 1.82) is 0 Å². The van der Waals surface area contributed by atoms with Crippen molar-refractivity contribution < 1.29 is 14.3 Å². The molecule has 2 aliphatic rings. The van der Waals surface area contributed by atoms with Gasteiger partial charge in [0.2, 0.25) is 0 Å². The average Bonchev–Trinajstić information content (AvgIpc) is 3.14. The van der Waals surface area contributed by atoms with E-state index in [-0.39, 0.29) is 18.2 Å². The van der Waals surface area contributed by atoms with Crippen LogP contribution in [-0.2, 0) is 27.2 Å². The molecular weight excluding hydrogens is 326 g/mol. The zero-order valence-electron chi connectivity index (χ0n) is 16.3. The topological polar surface area (TPSA) is 46.6 Å². The Morgan fingerprint density at radius 1 is 1.19 bits per heavy atom. The summed E-state index contributed by atoms with van der Waals surface area (Å²) in [6.45, 7) is 2.17. The smallest absolute Gasteiger partial charge is 0.313 e. The number of ether oxygens (including phenoxy) is 1. The summed E-state index contributed by atoms with van der Waals surface area (Å²) in [6.07, 6.45) is 7.43. The summed E-state index contributed by atoms with van der Waals surface area (Å²) in [5, 5.41) is 0. The van der Waals surface area contributed by atoms with Crippen LogP contribution < -0.4 is 4.90 Å². The molecule has 1 aliphatic heterocycles. The van der Waals surface area contributed by atoms with Crippen LogP contribution in [0, 0.1) is 5.92 Å². The second-order valence-corrected chi connectivity index (χ2v) is 8.12. The third-order valence-corrected chi connectivity index (χ3v) is 6.10. The van der Waals surface area contributed by atoms with Gasteiger partial charge in [0.1, 0.15) is 17.8 Å². The molecule has 1 saturated heterocycles. The van der Waals surface area contributed by atoms with Gasteiger partial charge in [-0.2, -0.15) is 0 Å². The van der Waals surface area contributed by atoms with Gasteiger partial charge in [-0.25, -0.2) is 0 Å². The molecule has 0 radical (unpaired) electrons. The molecule has 0 N–H and O–H groups in total. The van der Waals surface area contributed by atoms with Gasteiger partial charge in [0, 0.05) is 26.2 Å². The second kappa shape index (κ2) is 7.81. The summed E-state index contributed by atoms with van der Waals surface area (Å²) >= 11 is 0. The average molecular weight is 357 g/mol. The van der Waals surface area contributed by atoms with Crippen molar-refractivity contribution in [3.8, 4) is 0 Å². The van der Waals surface area contributed by atoms with Crippen molar-refractivity contribution in [2.45, 2.75) is 70.3 Å². The molecule has 0 aromatic heterocycles. The zero-order valence-corrected chi connectivity index (χ0v) is 16.3. The first-order valence-corrected chi connectivity index (χ1v) is 9.96. The van der Waals surface area contributed by atoms with E-state index in [1.54, 1.807) is 0 Å². The lowest BCUT2D eigenvalue weighted by atomic mass is 9.76. The van der Waals surface area contributed by atoms with Crippen LogP contribution in [0.2, 0.25) is 0 Å². The first-order chi connectivity index (χ1) is 12.4. The molecule has 0 spiro atoms. The lowest BCUT2D eigenvalue weighted by Crippen LogP contribution is -2.48. The first-order valence-electron chi connectivity index (χ1n) is 9.96. The summed E-state index contributed by atoms with van der Waals surface area (Å²) < 4.78 is 5.90. The number of rotatable bonds is 6. The van der Waals surface area contributed by atoms with Crippen LogP contribution in [0.1, 0.15) is 63.0 Å². The molecule has 0 bridgehead atoms. The van der Waals surface area contributed by atoms with Crippen LogP contribution >= 0.6 is 0 Å². The van der Waals surface area contributed by atoms with Crippen LogP contribution in [0.5, 0.6) is 0 Å². The molecule has 142 valence electrons. The normalized spacial score (nSPS) is 24.0. The summed E-state index contributed by atoms with van der Waals surface area (Å²) in [7, 11) is 4.13. The third-order valence-electron chi connectivity index (χ3n) is 6.10. The Morgan fingerprint density at radius 3 is 2.54 bits per heavy atom. The van der Waals surface area contributed by atoms with Gasteiger partial charge >= 0.3 is 5.97 Å². The number of cyclic esters (lactones) is 1. The predicted molar refractivity (Wildman–Crippen MR) is 103 cm³/mol. The third kappa shape index (κ3) is 3.94. The highest BCUT2D eigenvalue weighted by atomic mass is 16.6.